The van der Waals surface area contributed by atoms with Crippen molar-refractivity contribution in [3.8, 4) is 0 Å². The number of ether oxygens (including phenoxy) is 1. The maximum absolute atomic E-state index is 12.8. The van der Waals surface area contributed by atoms with Crippen molar-refractivity contribution < 1.29 is 13.2 Å². The lowest BCUT2D eigenvalue weighted by molar-refractivity contribution is 0.0938. The Bertz CT molecular complexity index is 643. The van der Waals surface area contributed by atoms with Crippen LogP contribution in [-0.4, -0.2) is 37.7 Å². The highest BCUT2D eigenvalue weighted by Gasteiger charge is 2.34. The van der Waals surface area contributed by atoms with Gasteiger partial charge in [-0.2, -0.15) is 4.31 Å². The van der Waals surface area contributed by atoms with Crippen LogP contribution >= 0.6 is 15.9 Å². The van der Waals surface area contributed by atoms with Gasteiger partial charge in [-0.3, -0.25) is 0 Å². The molecule has 1 saturated heterocycles. The van der Waals surface area contributed by atoms with E-state index in [2.05, 4.69) is 15.9 Å². The normalized spacial score (nSPS) is 26.1. The molecule has 0 amide bonds. The lowest BCUT2D eigenvalue weighted by atomic mass is 9.85. The van der Waals surface area contributed by atoms with Gasteiger partial charge in [-0.15, -0.1) is 0 Å². The highest BCUT2D eigenvalue weighted by molar-refractivity contribution is 9.10. The average molecular weight is 416 g/mol. The van der Waals surface area contributed by atoms with Crippen LogP contribution in [-0.2, 0) is 21.3 Å². The maximum atomic E-state index is 12.8. The van der Waals surface area contributed by atoms with Crippen molar-refractivity contribution >= 4 is 26.0 Å². The predicted octanol–water partition coefficient (Wildman–Crippen LogP) is 3.95. The largest absolute Gasteiger partial charge is 0.379 e. The lowest BCUT2D eigenvalue weighted by Gasteiger charge is -2.32. The molecule has 1 aliphatic carbocycles. The van der Waals surface area contributed by atoms with E-state index in [0.29, 0.717) is 25.7 Å². The van der Waals surface area contributed by atoms with Crippen LogP contribution in [0.15, 0.2) is 28.7 Å². The van der Waals surface area contributed by atoms with Gasteiger partial charge in [0.25, 0.3) is 0 Å². The van der Waals surface area contributed by atoms with Crippen molar-refractivity contribution in [2.45, 2.75) is 51.1 Å². The van der Waals surface area contributed by atoms with Gasteiger partial charge in [0.05, 0.1) is 19.0 Å². The van der Waals surface area contributed by atoms with E-state index in [1.807, 2.05) is 24.3 Å². The molecule has 0 bridgehead atoms. The number of rotatable bonds is 4. The molecule has 1 aromatic carbocycles. The molecule has 24 heavy (non-hydrogen) atoms. The Hall–Kier alpha value is -0.430. The zero-order valence-electron chi connectivity index (χ0n) is 14.0. The summed E-state index contributed by atoms with van der Waals surface area (Å²) in [4.78, 5) is 0. The van der Waals surface area contributed by atoms with Crippen LogP contribution in [0.3, 0.4) is 0 Å². The van der Waals surface area contributed by atoms with Crippen LogP contribution in [0.1, 0.15) is 44.1 Å². The molecule has 2 fully saturated rings. The molecule has 134 valence electrons. The molecule has 1 aromatic rings. The standard InChI is InChI=1S/C18H26BrNO3S/c19-18-9-5-4-8-16(18)13-20-17(12-15-6-2-1-3-7-15)14-23-10-11-24(20,21)22/h4-5,8-9,15,17H,1-3,6-7,10-14H2/t17-/m0/s1. The zero-order valence-corrected chi connectivity index (χ0v) is 16.4. The molecule has 1 aliphatic heterocycles. The van der Waals surface area contributed by atoms with E-state index in [4.69, 9.17) is 4.74 Å². The number of halogens is 1. The second-order valence-corrected chi connectivity index (χ2v) is 9.82. The third kappa shape index (κ3) is 4.59. The van der Waals surface area contributed by atoms with Crippen molar-refractivity contribution in [3.05, 3.63) is 34.3 Å². The van der Waals surface area contributed by atoms with Gasteiger partial charge in [-0.25, -0.2) is 8.42 Å². The van der Waals surface area contributed by atoms with Gasteiger partial charge in [0.15, 0.2) is 0 Å². The number of nitrogens with zero attached hydrogens (tertiary/aromatic N) is 1. The fourth-order valence-corrected chi connectivity index (χ4v) is 5.74. The summed E-state index contributed by atoms with van der Waals surface area (Å²) in [5.41, 5.74) is 1.01. The Kier molecular flexibility index (Phi) is 6.35. The third-order valence-electron chi connectivity index (χ3n) is 5.17. The summed E-state index contributed by atoms with van der Waals surface area (Å²) in [6.07, 6.45) is 7.23. The molecular formula is C18H26BrNO3S. The predicted molar refractivity (Wildman–Crippen MR) is 99.3 cm³/mol. The molecule has 0 spiro atoms. The van der Waals surface area contributed by atoms with Crippen LogP contribution in [0.25, 0.3) is 0 Å². The summed E-state index contributed by atoms with van der Waals surface area (Å²) in [6.45, 7) is 1.24. The maximum Gasteiger partial charge on any atom is 0.217 e. The van der Waals surface area contributed by atoms with Crippen molar-refractivity contribution in [1.82, 2.24) is 4.31 Å². The molecule has 1 saturated carbocycles. The van der Waals surface area contributed by atoms with Crippen molar-refractivity contribution in [1.29, 1.82) is 0 Å². The van der Waals surface area contributed by atoms with Crippen LogP contribution in [0, 0.1) is 5.92 Å². The van der Waals surface area contributed by atoms with Gasteiger partial charge in [0.1, 0.15) is 0 Å². The highest BCUT2D eigenvalue weighted by Crippen LogP contribution is 2.31. The molecule has 2 aliphatic rings. The van der Waals surface area contributed by atoms with Gasteiger partial charge < -0.3 is 4.74 Å². The molecule has 0 aromatic heterocycles. The van der Waals surface area contributed by atoms with Crippen molar-refractivity contribution in [3.63, 3.8) is 0 Å². The Labute approximate surface area is 153 Å². The van der Waals surface area contributed by atoms with Gasteiger partial charge in [-0.05, 0) is 24.0 Å². The molecule has 0 unspecified atom stereocenters. The molecular weight excluding hydrogens is 390 g/mol. The van der Waals surface area contributed by atoms with Crippen molar-refractivity contribution in [2.24, 2.45) is 5.92 Å². The summed E-state index contributed by atoms with van der Waals surface area (Å²) in [5, 5.41) is 0. The molecule has 0 radical (unpaired) electrons. The van der Waals surface area contributed by atoms with Crippen LogP contribution in [0.5, 0.6) is 0 Å². The highest BCUT2D eigenvalue weighted by atomic mass is 79.9. The van der Waals surface area contributed by atoms with Crippen LogP contribution in [0.4, 0.5) is 0 Å². The Morgan fingerprint density at radius 3 is 2.67 bits per heavy atom. The lowest BCUT2D eigenvalue weighted by Crippen LogP contribution is -2.42. The number of hydrogen-bond acceptors (Lipinski definition) is 3. The first-order valence-corrected chi connectivity index (χ1v) is 11.3. The monoisotopic (exact) mass is 415 g/mol. The van der Waals surface area contributed by atoms with Crippen molar-refractivity contribution in [2.75, 3.05) is 19.0 Å². The van der Waals surface area contributed by atoms with Gasteiger partial charge in [0.2, 0.25) is 10.0 Å². The summed E-state index contributed by atoms with van der Waals surface area (Å²) >= 11 is 3.55. The molecule has 1 heterocycles. The van der Waals surface area contributed by atoms with E-state index >= 15 is 0 Å². The zero-order chi connectivity index (χ0) is 17.0. The van der Waals surface area contributed by atoms with E-state index in [0.717, 1.165) is 16.5 Å². The minimum atomic E-state index is -3.29. The van der Waals surface area contributed by atoms with Gasteiger partial charge in [-0.1, -0.05) is 66.2 Å². The minimum absolute atomic E-state index is 0.0484. The Balaban J connectivity index is 1.81. The molecule has 6 heteroatoms. The minimum Gasteiger partial charge on any atom is -0.379 e. The Morgan fingerprint density at radius 2 is 1.92 bits per heavy atom. The SMILES string of the molecule is O=S1(=O)CCOC[C@H](CC2CCCCC2)N1Cc1ccccc1Br. The topological polar surface area (TPSA) is 46.6 Å². The number of sulfonamides is 1. The number of hydrogen-bond donors (Lipinski definition) is 0. The van der Waals surface area contributed by atoms with E-state index in [9.17, 15) is 8.42 Å². The second kappa shape index (κ2) is 8.30. The molecule has 1 atom stereocenters. The summed E-state index contributed by atoms with van der Waals surface area (Å²) in [6, 6.07) is 7.81. The summed E-state index contributed by atoms with van der Waals surface area (Å²) < 4.78 is 33.9. The van der Waals surface area contributed by atoms with Crippen LogP contribution < -0.4 is 0 Å². The fourth-order valence-electron chi connectivity index (χ4n) is 3.83. The summed E-state index contributed by atoms with van der Waals surface area (Å²) in [7, 11) is -3.29. The Morgan fingerprint density at radius 1 is 1.17 bits per heavy atom. The third-order valence-corrected chi connectivity index (χ3v) is 7.77. The van der Waals surface area contributed by atoms with E-state index < -0.39 is 10.0 Å². The molecule has 0 N–H and O–H groups in total. The van der Waals surface area contributed by atoms with E-state index in [1.54, 1.807) is 4.31 Å². The second-order valence-electron chi connectivity index (χ2n) is 6.92. The van der Waals surface area contributed by atoms with Crippen LogP contribution in [0.2, 0.25) is 0 Å². The first kappa shape index (κ1) is 18.4. The summed E-state index contributed by atoms with van der Waals surface area (Å²) in [5.74, 6) is 0.709. The first-order chi connectivity index (χ1) is 11.6. The fraction of sp³-hybridized carbons (Fsp3) is 0.667. The van der Waals surface area contributed by atoms with Gasteiger partial charge in [0, 0.05) is 17.1 Å². The average Bonchev–Trinajstić information content (AvgIpc) is 2.70. The van der Waals surface area contributed by atoms with E-state index in [1.165, 1.54) is 32.1 Å². The van der Waals surface area contributed by atoms with Gasteiger partial charge >= 0.3 is 0 Å². The molecule has 3 rings (SSSR count). The smallest absolute Gasteiger partial charge is 0.217 e. The first-order valence-electron chi connectivity index (χ1n) is 8.87. The van der Waals surface area contributed by atoms with E-state index in [-0.39, 0.29) is 11.8 Å². The quantitative estimate of drug-likeness (QED) is 0.747. The number of benzene rings is 1. The molecule has 4 nitrogen and oxygen atoms in total.